The first-order chi connectivity index (χ1) is 11.6. The van der Waals surface area contributed by atoms with Gasteiger partial charge in [-0.1, -0.05) is 6.07 Å². The summed E-state index contributed by atoms with van der Waals surface area (Å²) in [4.78, 5) is 14.3. The molecule has 1 atom stereocenters. The van der Waals surface area contributed by atoms with Crippen molar-refractivity contribution in [2.24, 2.45) is 0 Å². The first-order valence-electron chi connectivity index (χ1n) is 7.51. The highest BCUT2D eigenvalue weighted by atomic mass is 32.1. The Kier molecular flexibility index (Phi) is 6.45. The summed E-state index contributed by atoms with van der Waals surface area (Å²) in [6.07, 6.45) is 0. The van der Waals surface area contributed by atoms with Crippen molar-refractivity contribution in [3.8, 4) is 11.5 Å². The molecule has 24 heavy (non-hydrogen) atoms. The Morgan fingerprint density at radius 3 is 2.62 bits per heavy atom. The number of thiophene rings is 1. The quantitative estimate of drug-likeness (QED) is 0.806. The van der Waals surface area contributed by atoms with E-state index in [4.69, 9.17) is 9.47 Å². The van der Waals surface area contributed by atoms with Crippen molar-refractivity contribution in [3.05, 3.63) is 40.6 Å². The monoisotopic (exact) mass is 349 g/mol. The minimum Gasteiger partial charge on any atom is -0.493 e. The lowest BCUT2D eigenvalue weighted by Crippen LogP contribution is -2.36. The fourth-order valence-electron chi connectivity index (χ4n) is 2.40. The molecule has 6 nitrogen and oxygen atoms in total. The van der Waals surface area contributed by atoms with Gasteiger partial charge in [0.2, 0.25) is 0 Å². The first kappa shape index (κ1) is 18.1. The highest BCUT2D eigenvalue weighted by Crippen LogP contribution is 2.34. The summed E-state index contributed by atoms with van der Waals surface area (Å²) in [6, 6.07) is 7.24. The molecule has 7 heteroatoms. The second kappa shape index (κ2) is 8.56. The number of amides is 2. The number of nitrogens with zero attached hydrogens (tertiary/aromatic N) is 1. The molecule has 2 amide bonds. The second-order valence-electron chi connectivity index (χ2n) is 5.41. The Balaban J connectivity index is 2.01. The van der Waals surface area contributed by atoms with Crippen LogP contribution in [0.5, 0.6) is 11.5 Å². The molecule has 0 saturated heterocycles. The van der Waals surface area contributed by atoms with Gasteiger partial charge in [0.15, 0.2) is 11.5 Å². The molecule has 2 rings (SSSR count). The number of methoxy groups -OCH3 is 2. The average Bonchev–Trinajstić information content (AvgIpc) is 3.08. The van der Waals surface area contributed by atoms with Crippen LogP contribution in [0.3, 0.4) is 0 Å². The number of hydrogen-bond acceptors (Lipinski definition) is 5. The summed E-state index contributed by atoms with van der Waals surface area (Å²) >= 11 is 1.65. The van der Waals surface area contributed by atoms with Crippen molar-refractivity contribution in [2.75, 3.05) is 40.2 Å². The lowest BCUT2D eigenvalue weighted by Gasteiger charge is -2.24. The number of carbonyl (C=O) groups is 1. The molecule has 0 fully saturated rings. The Labute approximate surface area is 146 Å². The molecular weight excluding hydrogens is 326 g/mol. The third-order valence-electron chi connectivity index (χ3n) is 3.66. The molecule has 0 aliphatic rings. The minimum absolute atomic E-state index is 0.120. The van der Waals surface area contributed by atoms with Gasteiger partial charge in [-0.15, -0.1) is 0 Å². The van der Waals surface area contributed by atoms with Gasteiger partial charge in [0.25, 0.3) is 0 Å². The molecule has 130 valence electrons. The number of nitrogens with one attached hydrogen (secondary N) is 2. The molecule has 1 aromatic carbocycles. The van der Waals surface area contributed by atoms with Crippen LogP contribution in [0.2, 0.25) is 0 Å². The summed E-state index contributed by atoms with van der Waals surface area (Å²) in [5.74, 6) is 1.07. The van der Waals surface area contributed by atoms with Crippen molar-refractivity contribution in [3.63, 3.8) is 0 Å². The van der Waals surface area contributed by atoms with Gasteiger partial charge in [0.1, 0.15) is 0 Å². The predicted octanol–water partition coefficient (Wildman–Crippen LogP) is 3.19. The zero-order valence-electron chi connectivity index (χ0n) is 14.3. The number of hydrogen-bond donors (Lipinski definition) is 2. The van der Waals surface area contributed by atoms with Crippen LogP contribution in [0.1, 0.15) is 11.6 Å². The van der Waals surface area contributed by atoms with Gasteiger partial charge in [0, 0.05) is 6.54 Å². The highest BCUT2D eigenvalue weighted by Gasteiger charge is 2.17. The topological polar surface area (TPSA) is 62.8 Å². The largest absolute Gasteiger partial charge is 0.493 e. The zero-order valence-corrected chi connectivity index (χ0v) is 15.1. The molecular formula is C17H23N3O3S. The lowest BCUT2D eigenvalue weighted by molar-refractivity contribution is 0.243. The maximum atomic E-state index is 12.2. The van der Waals surface area contributed by atoms with E-state index >= 15 is 0 Å². The number of ether oxygens (including phenoxy) is 2. The highest BCUT2D eigenvalue weighted by molar-refractivity contribution is 7.07. The molecule has 0 radical (unpaired) electrons. The molecule has 1 unspecified atom stereocenters. The van der Waals surface area contributed by atoms with Crippen LogP contribution < -0.4 is 20.1 Å². The fraction of sp³-hybridized carbons (Fsp3) is 0.353. The Morgan fingerprint density at radius 1 is 1.25 bits per heavy atom. The van der Waals surface area contributed by atoms with Crippen molar-refractivity contribution < 1.29 is 14.3 Å². The van der Waals surface area contributed by atoms with Crippen LogP contribution in [0, 0.1) is 0 Å². The molecule has 0 bridgehead atoms. The van der Waals surface area contributed by atoms with E-state index in [2.05, 4.69) is 27.0 Å². The number of likely N-dealkylation sites (N-methyl/N-ethyl adjacent to an activating group) is 1. The molecule has 0 aliphatic heterocycles. The van der Waals surface area contributed by atoms with Crippen molar-refractivity contribution >= 4 is 23.1 Å². The number of anilines is 1. The summed E-state index contributed by atoms with van der Waals surface area (Å²) < 4.78 is 10.6. The molecule has 2 aromatic rings. The van der Waals surface area contributed by atoms with Crippen LogP contribution in [-0.4, -0.2) is 45.8 Å². The maximum Gasteiger partial charge on any atom is 0.319 e. The summed E-state index contributed by atoms with van der Waals surface area (Å²) in [6.45, 7) is 0.502. The normalized spacial score (nSPS) is 11.9. The van der Waals surface area contributed by atoms with Gasteiger partial charge in [-0.25, -0.2) is 4.79 Å². The summed E-state index contributed by atoms with van der Waals surface area (Å²) in [7, 11) is 7.09. The Bertz CT molecular complexity index is 659. The fourth-order valence-corrected chi connectivity index (χ4v) is 3.11. The molecule has 0 aliphatic carbocycles. The number of benzene rings is 1. The van der Waals surface area contributed by atoms with E-state index in [9.17, 15) is 4.79 Å². The number of carbonyl (C=O) groups excluding carboxylic acids is 1. The van der Waals surface area contributed by atoms with E-state index < -0.39 is 0 Å². The first-order valence-corrected chi connectivity index (χ1v) is 8.45. The molecule has 1 aromatic heterocycles. The second-order valence-corrected chi connectivity index (χ2v) is 6.19. The van der Waals surface area contributed by atoms with E-state index in [1.165, 1.54) is 5.56 Å². The van der Waals surface area contributed by atoms with Crippen LogP contribution in [0.25, 0.3) is 0 Å². The number of para-hydroxylation sites is 1. The van der Waals surface area contributed by atoms with Crippen molar-refractivity contribution in [1.82, 2.24) is 10.2 Å². The van der Waals surface area contributed by atoms with Gasteiger partial charge in [-0.05, 0) is 48.6 Å². The van der Waals surface area contributed by atoms with E-state index in [1.54, 1.807) is 43.8 Å². The molecule has 0 saturated carbocycles. The molecule has 2 N–H and O–H groups in total. The van der Waals surface area contributed by atoms with Gasteiger partial charge in [-0.2, -0.15) is 11.3 Å². The van der Waals surface area contributed by atoms with Gasteiger partial charge < -0.3 is 25.0 Å². The van der Waals surface area contributed by atoms with E-state index in [0.29, 0.717) is 23.7 Å². The van der Waals surface area contributed by atoms with Crippen LogP contribution >= 0.6 is 11.3 Å². The zero-order chi connectivity index (χ0) is 17.5. The average molecular weight is 349 g/mol. The maximum absolute atomic E-state index is 12.2. The van der Waals surface area contributed by atoms with E-state index in [0.717, 1.165) is 0 Å². The van der Waals surface area contributed by atoms with E-state index in [1.807, 2.05) is 19.5 Å². The van der Waals surface area contributed by atoms with Crippen molar-refractivity contribution in [2.45, 2.75) is 6.04 Å². The smallest absolute Gasteiger partial charge is 0.319 e. The van der Waals surface area contributed by atoms with E-state index in [-0.39, 0.29) is 12.1 Å². The van der Waals surface area contributed by atoms with Crippen LogP contribution in [-0.2, 0) is 0 Å². The minimum atomic E-state index is -0.288. The third kappa shape index (κ3) is 4.39. The van der Waals surface area contributed by atoms with Gasteiger partial charge in [0.05, 0.1) is 25.9 Å². The van der Waals surface area contributed by atoms with Gasteiger partial charge in [-0.3, -0.25) is 0 Å². The van der Waals surface area contributed by atoms with Crippen LogP contribution in [0.15, 0.2) is 35.0 Å². The number of urea groups is 1. The van der Waals surface area contributed by atoms with Crippen LogP contribution in [0.4, 0.5) is 10.5 Å². The summed E-state index contributed by atoms with van der Waals surface area (Å²) in [5, 5.41) is 9.84. The molecule has 1 heterocycles. The third-order valence-corrected chi connectivity index (χ3v) is 4.36. The van der Waals surface area contributed by atoms with Gasteiger partial charge >= 0.3 is 6.03 Å². The predicted molar refractivity (Wildman–Crippen MR) is 97.3 cm³/mol. The SMILES string of the molecule is COc1cccc(NC(=O)NCC(c2ccsc2)N(C)C)c1OC. The Hall–Kier alpha value is -2.25. The number of rotatable bonds is 7. The van der Waals surface area contributed by atoms with Crippen molar-refractivity contribution in [1.29, 1.82) is 0 Å². The standard InChI is InChI=1S/C17H23N3O3S/c1-20(2)14(12-8-9-24-11-12)10-18-17(21)19-13-6-5-7-15(22-3)16(13)23-4/h5-9,11,14H,10H2,1-4H3,(H2,18,19,21). The summed E-state index contributed by atoms with van der Waals surface area (Å²) in [5.41, 5.74) is 1.75. The Morgan fingerprint density at radius 2 is 2.04 bits per heavy atom. The lowest BCUT2D eigenvalue weighted by atomic mass is 10.1. The molecule has 0 spiro atoms.